The molecule has 5 nitrogen and oxygen atoms in total. The van der Waals surface area contributed by atoms with Crippen LogP contribution in [-0.4, -0.2) is 24.5 Å². The first-order chi connectivity index (χ1) is 11.7. The number of nitrogens with one attached hydrogen (secondary N) is 2. The van der Waals surface area contributed by atoms with Crippen molar-refractivity contribution in [1.82, 2.24) is 10.3 Å². The van der Waals surface area contributed by atoms with E-state index in [9.17, 15) is 4.79 Å². The van der Waals surface area contributed by atoms with E-state index >= 15 is 0 Å². The first-order valence-corrected chi connectivity index (χ1v) is 8.34. The van der Waals surface area contributed by atoms with Gasteiger partial charge in [0.05, 0.1) is 7.11 Å². The molecule has 128 valence electrons. The molecule has 0 aliphatic rings. The number of ether oxygens (including phenoxy) is 1. The van der Waals surface area contributed by atoms with Crippen LogP contribution >= 0.6 is 0 Å². The molecule has 1 aromatic heterocycles. The second-order valence-corrected chi connectivity index (χ2v) is 5.59. The molecule has 0 fully saturated rings. The molecule has 0 atom stereocenters. The van der Waals surface area contributed by atoms with Gasteiger partial charge in [-0.3, -0.25) is 4.79 Å². The molecule has 1 heterocycles. The molecule has 24 heavy (non-hydrogen) atoms. The van der Waals surface area contributed by atoms with Crippen LogP contribution in [0.25, 0.3) is 0 Å². The Morgan fingerprint density at radius 2 is 1.96 bits per heavy atom. The summed E-state index contributed by atoms with van der Waals surface area (Å²) in [5.74, 6) is 1.44. The van der Waals surface area contributed by atoms with Crippen molar-refractivity contribution in [1.29, 1.82) is 0 Å². The minimum Gasteiger partial charge on any atom is -0.497 e. The normalized spacial score (nSPS) is 10.2. The van der Waals surface area contributed by atoms with Crippen LogP contribution in [0.5, 0.6) is 5.75 Å². The summed E-state index contributed by atoms with van der Waals surface area (Å²) in [7, 11) is 1.63. The molecule has 0 bridgehead atoms. The van der Waals surface area contributed by atoms with E-state index in [1.54, 1.807) is 25.4 Å². The fourth-order valence-corrected chi connectivity index (χ4v) is 2.29. The number of carbonyl (C=O) groups excluding carboxylic acids is 1. The minimum atomic E-state index is -0.107. The summed E-state index contributed by atoms with van der Waals surface area (Å²) in [4.78, 5) is 16.5. The van der Waals surface area contributed by atoms with E-state index in [1.165, 1.54) is 12.8 Å². The monoisotopic (exact) mass is 327 g/mol. The number of nitrogens with zero attached hydrogens (tertiary/aromatic N) is 1. The third-order valence-corrected chi connectivity index (χ3v) is 3.72. The van der Waals surface area contributed by atoms with E-state index in [0.29, 0.717) is 12.1 Å². The number of hydrogen-bond acceptors (Lipinski definition) is 4. The lowest BCUT2D eigenvalue weighted by Gasteiger charge is -2.09. The van der Waals surface area contributed by atoms with E-state index in [1.807, 2.05) is 24.3 Å². The van der Waals surface area contributed by atoms with Gasteiger partial charge in [-0.25, -0.2) is 4.98 Å². The zero-order chi connectivity index (χ0) is 17.2. The number of benzene rings is 1. The van der Waals surface area contributed by atoms with E-state index in [2.05, 4.69) is 22.5 Å². The van der Waals surface area contributed by atoms with Crippen LogP contribution in [0.15, 0.2) is 42.6 Å². The summed E-state index contributed by atoms with van der Waals surface area (Å²) < 4.78 is 5.12. The van der Waals surface area contributed by atoms with Gasteiger partial charge in [0.15, 0.2) is 0 Å². The smallest absolute Gasteiger partial charge is 0.251 e. The van der Waals surface area contributed by atoms with Crippen molar-refractivity contribution in [3.8, 4) is 5.75 Å². The second kappa shape index (κ2) is 9.55. The van der Waals surface area contributed by atoms with Gasteiger partial charge >= 0.3 is 0 Å². The highest BCUT2D eigenvalue weighted by atomic mass is 16.5. The van der Waals surface area contributed by atoms with Gasteiger partial charge in [0.1, 0.15) is 11.6 Å². The molecule has 1 aromatic carbocycles. The molecule has 5 heteroatoms. The van der Waals surface area contributed by atoms with Gasteiger partial charge in [-0.2, -0.15) is 0 Å². The first kappa shape index (κ1) is 17.8. The van der Waals surface area contributed by atoms with Crippen molar-refractivity contribution >= 4 is 11.7 Å². The molecular weight excluding hydrogens is 302 g/mol. The van der Waals surface area contributed by atoms with Crippen molar-refractivity contribution in [3.05, 3.63) is 53.7 Å². The summed E-state index contributed by atoms with van der Waals surface area (Å²) in [5.41, 5.74) is 1.63. The minimum absolute atomic E-state index is 0.107. The van der Waals surface area contributed by atoms with E-state index in [0.717, 1.165) is 30.1 Å². The second-order valence-electron chi connectivity index (χ2n) is 5.59. The van der Waals surface area contributed by atoms with E-state index in [-0.39, 0.29) is 5.91 Å². The number of unbranched alkanes of at least 4 members (excludes halogenated alkanes) is 2. The van der Waals surface area contributed by atoms with Crippen LogP contribution in [0, 0.1) is 0 Å². The van der Waals surface area contributed by atoms with Crippen LogP contribution in [0.1, 0.15) is 42.1 Å². The van der Waals surface area contributed by atoms with Crippen LogP contribution in [0.3, 0.4) is 0 Å². The zero-order valence-corrected chi connectivity index (χ0v) is 14.3. The van der Waals surface area contributed by atoms with Gasteiger partial charge in [-0.1, -0.05) is 31.9 Å². The Kier molecular flexibility index (Phi) is 7.08. The summed E-state index contributed by atoms with van der Waals surface area (Å²) in [6.07, 6.45) is 5.13. The number of carbonyl (C=O) groups is 1. The largest absolute Gasteiger partial charge is 0.497 e. The summed E-state index contributed by atoms with van der Waals surface area (Å²) >= 11 is 0. The summed E-state index contributed by atoms with van der Waals surface area (Å²) in [6.45, 7) is 3.52. The maximum Gasteiger partial charge on any atom is 0.251 e. The molecule has 0 saturated heterocycles. The SMILES string of the molecule is CCCCCNc1cc(C(=O)NCc2ccc(OC)cc2)ccn1. The molecule has 0 spiro atoms. The van der Waals surface area contributed by atoms with Gasteiger partial charge in [0, 0.05) is 24.8 Å². The fraction of sp³-hybridized carbons (Fsp3) is 0.368. The number of methoxy groups -OCH3 is 1. The molecule has 2 rings (SSSR count). The van der Waals surface area contributed by atoms with Gasteiger partial charge < -0.3 is 15.4 Å². The lowest BCUT2D eigenvalue weighted by Crippen LogP contribution is -2.23. The van der Waals surface area contributed by atoms with Gasteiger partial charge in [-0.05, 0) is 36.2 Å². The van der Waals surface area contributed by atoms with E-state index < -0.39 is 0 Å². The highest BCUT2D eigenvalue weighted by Gasteiger charge is 2.07. The molecule has 2 aromatic rings. The Morgan fingerprint density at radius 1 is 1.17 bits per heavy atom. The Morgan fingerprint density at radius 3 is 2.67 bits per heavy atom. The molecule has 0 aliphatic heterocycles. The van der Waals surface area contributed by atoms with Crippen LogP contribution in [-0.2, 0) is 6.54 Å². The quantitative estimate of drug-likeness (QED) is 0.691. The van der Waals surface area contributed by atoms with Gasteiger partial charge in [0.2, 0.25) is 0 Å². The predicted octanol–water partition coefficient (Wildman–Crippen LogP) is 3.62. The van der Waals surface area contributed by atoms with Crippen LogP contribution in [0.2, 0.25) is 0 Å². The lowest BCUT2D eigenvalue weighted by atomic mass is 10.2. The number of amides is 1. The Bertz CT molecular complexity index is 641. The number of pyridine rings is 1. The van der Waals surface area contributed by atoms with Crippen molar-refractivity contribution in [2.24, 2.45) is 0 Å². The third kappa shape index (κ3) is 5.57. The Labute approximate surface area is 143 Å². The molecule has 1 amide bonds. The molecule has 0 unspecified atom stereocenters. The van der Waals surface area contributed by atoms with Crippen molar-refractivity contribution < 1.29 is 9.53 Å². The van der Waals surface area contributed by atoms with Crippen LogP contribution < -0.4 is 15.4 Å². The molecular formula is C19H25N3O2. The zero-order valence-electron chi connectivity index (χ0n) is 14.3. The number of aromatic nitrogens is 1. The number of hydrogen-bond donors (Lipinski definition) is 2. The highest BCUT2D eigenvalue weighted by molar-refractivity contribution is 5.94. The Hall–Kier alpha value is -2.56. The Balaban J connectivity index is 1.86. The summed E-state index contributed by atoms with van der Waals surface area (Å²) in [6, 6.07) is 11.1. The highest BCUT2D eigenvalue weighted by Crippen LogP contribution is 2.12. The summed E-state index contributed by atoms with van der Waals surface area (Å²) in [5, 5.41) is 6.18. The fourth-order valence-electron chi connectivity index (χ4n) is 2.29. The average Bonchev–Trinajstić information content (AvgIpc) is 2.64. The molecule has 0 saturated carbocycles. The average molecular weight is 327 g/mol. The van der Waals surface area contributed by atoms with Crippen molar-refractivity contribution in [2.45, 2.75) is 32.7 Å². The first-order valence-electron chi connectivity index (χ1n) is 8.34. The van der Waals surface area contributed by atoms with Gasteiger partial charge in [-0.15, -0.1) is 0 Å². The number of rotatable bonds is 9. The molecule has 2 N–H and O–H groups in total. The van der Waals surface area contributed by atoms with Gasteiger partial charge in [0.25, 0.3) is 5.91 Å². The standard InChI is InChI=1S/C19H25N3O2/c1-3-4-5-11-20-18-13-16(10-12-21-18)19(23)22-14-15-6-8-17(24-2)9-7-15/h6-10,12-13H,3-5,11,14H2,1-2H3,(H,20,21)(H,22,23). The lowest BCUT2D eigenvalue weighted by molar-refractivity contribution is 0.0951. The third-order valence-electron chi connectivity index (χ3n) is 3.72. The van der Waals surface area contributed by atoms with Crippen molar-refractivity contribution in [3.63, 3.8) is 0 Å². The molecule has 0 aliphatic carbocycles. The maximum atomic E-state index is 12.3. The predicted molar refractivity (Wildman–Crippen MR) is 96.4 cm³/mol. The van der Waals surface area contributed by atoms with Crippen LogP contribution in [0.4, 0.5) is 5.82 Å². The number of anilines is 1. The molecule has 0 radical (unpaired) electrons. The maximum absolute atomic E-state index is 12.3. The van der Waals surface area contributed by atoms with E-state index in [4.69, 9.17) is 4.74 Å². The topological polar surface area (TPSA) is 63.2 Å². The van der Waals surface area contributed by atoms with Crippen molar-refractivity contribution in [2.75, 3.05) is 19.0 Å².